The molecule has 0 aliphatic rings. The van der Waals surface area contributed by atoms with E-state index in [2.05, 4.69) is 15.3 Å². The number of aromatic nitrogens is 2. The maximum Gasteiger partial charge on any atom is 0.257 e. The van der Waals surface area contributed by atoms with Crippen LogP contribution in [0.15, 0.2) is 71.9 Å². The zero-order valence-electron chi connectivity index (χ0n) is 19.0. The molecule has 33 heavy (non-hydrogen) atoms. The Labute approximate surface area is 193 Å². The topological polar surface area (TPSA) is 95.2 Å². The van der Waals surface area contributed by atoms with Gasteiger partial charge in [0.2, 0.25) is 0 Å². The number of hydrogen-bond donors (Lipinski definition) is 2. The lowest BCUT2D eigenvalue weighted by molar-refractivity contribution is 0.102. The lowest BCUT2D eigenvalue weighted by atomic mass is 10.1. The van der Waals surface area contributed by atoms with Gasteiger partial charge in [-0.2, -0.15) is 0 Å². The lowest BCUT2D eigenvalue weighted by Crippen LogP contribution is -2.13. The summed E-state index contributed by atoms with van der Waals surface area (Å²) in [7, 11) is 0.585. The molecule has 0 radical (unpaired) electrons. The van der Waals surface area contributed by atoms with Crippen molar-refractivity contribution in [3.8, 4) is 11.1 Å². The SMILES string of the molecule is CC(C)S(=O)(=O)c1ccc(-c2cnc3[nH]cc(C(=O)Nc4ccc(N(C)C)cc4)c3c2)cc1. The van der Waals surface area contributed by atoms with E-state index in [1.807, 2.05) is 49.3 Å². The first-order valence-electron chi connectivity index (χ1n) is 10.6. The molecule has 0 atom stereocenters. The second kappa shape index (κ2) is 8.71. The highest BCUT2D eigenvalue weighted by molar-refractivity contribution is 7.92. The molecule has 4 rings (SSSR count). The predicted molar refractivity (Wildman–Crippen MR) is 133 cm³/mol. The van der Waals surface area contributed by atoms with E-state index in [9.17, 15) is 13.2 Å². The summed E-state index contributed by atoms with van der Waals surface area (Å²) in [6.07, 6.45) is 3.34. The molecule has 4 aromatic rings. The number of nitrogens with zero attached hydrogens (tertiary/aromatic N) is 2. The van der Waals surface area contributed by atoms with Crippen molar-refractivity contribution in [3.63, 3.8) is 0 Å². The number of fused-ring (bicyclic) bond motifs is 1. The molecule has 0 bridgehead atoms. The van der Waals surface area contributed by atoms with Gasteiger partial charge in [-0.15, -0.1) is 0 Å². The van der Waals surface area contributed by atoms with E-state index in [-0.39, 0.29) is 10.8 Å². The number of sulfone groups is 1. The van der Waals surface area contributed by atoms with E-state index in [1.54, 1.807) is 50.5 Å². The van der Waals surface area contributed by atoms with E-state index < -0.39 is 15.1 Å². The van der Waals surface area contributed by atoms with Crippen LogP contribution in [0, 0.1) is 0 Å². The number of pyridine rings is 1. The molecule has 0 aliphatic carbocycles. The van der Waals surface area contributed by atoms with Crippen molar-refractivity contribution in [1.82, 2.24) is 9.97 Å². The molecule has 2 aromatic carbocycles. The molecule has 0 aliphatic heterocycles. The van der Waals surface area contributed by atoms with Crippen molar-refractivity contribution in [3.05, 3.63) is 72.6 Å². The maximum absolute atomic E-state index is 12.9. The van der Waals surface area contributed by atoms with Gasteiger partial charge in [0.1, 0.15) is 5.65 Å². The van der Waals surface area contributed by atoms with Crippen molar-refractivity contribution in [1.29, 1.82) is 0 Å². The third-order valence-electron chi connectivity index (χ3n) is 5.55. The molecule has 170 valence electrons. The first-order chi connectivity index (χ1) is 15.7. The quantitative estimate of drug-likeness (QED) is 0.432. The molecule has 2 aromatic heterocycles. The molecule has 0 unspecified atom stereocenters. The van der Waals surface area contributed by atoms with Crippen molar-refractivity contribution < 1.29 is 13.2 Å². The summed E-state index contributed by atoms with van der Waals surface area (Å²) in [5, 5.41) is 3.13. The number of carbonyl (C=O) groups excluding carboxylic acids is 1. The van der Waals surface area contributed by atoms with Crippen LogP contribution >= 0.6 is 0 Å². The fourth-order valence-corrected chi connectivity index (χ4v) is 4.56. The Morgan fingerprint density at radius 1 is 1.00 bits per heavy atom. The summed E-state index contributed by atoms with van der Waals surface area (Å²) in [5.41, 5.74) is 4.44. The molecular weight excluding hydrogens is 436 g/mol. The molecule has 2 heterocycles. The average Bonchev–Trinajstić information content (AvgIpc) is 3.23. The zero-order chi connectivity index (χ0) is 23.8. The van der Waals surface area contributed by atoms with E-state index in [0.717, 1.165) is 16.8 Å². The van der Waals surface area contributed by atoms with Gasteiger partial charge in [-0.3, -0.25) is 4.79 Å². The summed E-state index contributed by atoms with van der Waals surface area (Å²) in [6, 6.07) is 16.2. The zero-order valence-corrected chi connectivity index (χ0v) is 19.8. The van der Waals surface area contributed by atoms with Crippen LogP contribution in [-0.4, -0.2) is 43.6 Å². The minimum absolute atomic E-state index is 0.240. The van der Waals surface area contributed by atoms with Gasteiger partial charge in [-0.05, 0) is 61.9 Å². The Bertz CT molecular complexity index is 1400. The second-order valence-electron chi connectivity index (χ2n) is 8.34. The summed E-state index contributed by atoms with van der Waals surface area (Å²) in [6.45, 7) is 3.33. The van der Waals surface area contributed by atoms with Gasteiger partial charge in [0.05, 0.1) is 15.7 Å². The van der Waals surface area contributed by atoms with Crippen molar-refractivity contribution >= 4 is 38.2 Å². The molecule has 8 heteroatoms. The van der Waals surface area contributed by atoms with E-state index >= 15 is 0 Å². The highest BCUT2D eigenvalue weighted by Crippen LogP contribution is 2.27. The van der Waals surface area contributed by atoms with E-state index in [4.69, 9.17) is 0 Å². The Kier molecular flexibility index (Phi) is 5.95. The number of aromatic amines is 1. The largest absolute Gasteiger partial charge is 0.378 e. The van der Waals surface area contributed by atoms with Crippen LogP contribution in [0.1, 0.15) is 24.2 Å². The molecule has 7 nitrogen and oxygen atoms in total. The van der Waals surface area contributed by atoms with Gasteiger partial charge in [-0.1, -0.05) is 12.1 Å². The highest BCUT2D eigenvalue weighted by atomic mass is 32.2. The fraction of sp³-hybridized carbons (Fsp3) is 0.200. The molecular formula is C25H26N4O3S. The number of benzene rings is 2. The van der Waals surface area contributed by atoms with Crippen LogP contribution in [0.5, 0.6) is 0 Å². The Morgan fingerprint density at radius 3 is 2.27 bits per heavy atom. The van der Waals surface area contributed by atoms with Gasteiger partial charge >= 0.3 is 0 Å². The Morgan fingerprint density at radius 2 is 1.67 bits per heavy atom. The third-order valence-corrected chi connectivity index (χ3v) is 7.72. The van der Waals surface area contributed by atoms with E-state index in [0.29, 0.717) is 22.3 Å². The third kappa shape index (κ3) is 4.47. The van der Waals surface area contributed by atoms with Gasteiger partial charge in [0.25, 0.3) is 5.91 Å². The number of anilines is 2. The highest BCUT2D eigenvalue weighted by Gasteiger charge is 2.19. The molecule has 0 saturated carbocycles. The van der Waals surface area contributed by atoms with Crippen LogP contribution in [0.4, 0.5) is 11.4 Å². The van der Waals surface area contributed by atoms with Crippen LogP contribution in [-0.2, 0) is 9.84 Å². The van der Waals surface area contributed by atoms with Gasteiger partial charge in [-0.25, -0.2) is 13.4 Å². The summed E-state index contributed by atoms with van der Waals surface area (Å²) in [5.74, 6) is -0.240. The summed E-state index contributed by atoms with van der Waals surface area (Å²) < 4.78 is 24.8. The Hall–Kier alpha value is -3.65. The van der Waals surface area contributed by atoms with Crippen LogP contribution in [0.25, 0.3) is 22.2 Å². The van der Waals surface area contributed by atoms with Crippen LogP contribution < -0.4 is 10.2 Å². The standard InChI is InChI=1S/C25H26N4O3S/c1-16(2)33(31,32)21-11-5-17(6-12-21)18-13-22-23(15-27-24(22)26-14-18)25(30)28-19-7-9-20(10-8-19)29(3)4/h5-16H,1-4H3,(H,26,27)(H,28,30). The van der Waals surface area contributed by atoms with Gasteiger partial charge < -0.3 is 15.2 Å². The normalized spacial score (nSPS) is 11.7. The maximum atomic E-state index is 12.9. The van der Waals surface area contributed by atoms with E-state index in [1.165, 1.54) is 0 Å². The molecule has 2 N–H and O–H groups in total. The Balaban J connectivity index is 1.61. The first kappa shape index (κ1) is 22.5. The average molecular weight is 463 g/mol. The monoisotopic (exact) mass is 462 g/mol. The van der Waals surface area contributed by atoms with Crippen LogP contribution in [0.2, 0.25) is 0 Å². The van der Waals surface area contributed by atoms with Crippen molar-refractivity contribution in [2.45, 2.75) is 24.0 Å². The smallest absolute Gasteiger partial charge is 0.257 e. The minimum Gasteiger partial charge on any atom is -0.378 e. The number of nitrogens with one attached hydrogen (secondary N) is 2. The minimum atomic E-state index is -3.33. The van der Waals surface area contributed by atoms with Crippen molar-refractivity contribution in [2.75, 3.05) is 24.3 Å². The molecule has 0 saturated heterocycles. The summed E-state index contributed by atoms with van der Waals surface area (Å²) >= 11 is 0. The predicted octanol–water partition coefficient (Wildman–Crippen LogP) is 4.73. The number of carbonyl (C=O) groups is 1. The van der Waals surface area contributed by atoms with Gasteiger partial charge in [0, 0.05) is 48.8 Å². The number of rotatable bonds is 6. The van der Waals surface area contributed by atoms with Crippen molar-refractivity contribution in [2.24, 2.45) is 0 Å². The number of H-pyrrole nitrogens is 1. The molecule has 1 amide bonds. The second-order valence-corrected chi connectivity index (χ2v) is 10.8. The van der Waals surface area contributed by atoms with Gasteiger partial charge in [0.15, 0.2) is 9.84 Å². The lowest BCUT2D eigenvalue weighted by Gasteiger charge is -2.13. The fourth-order valence-electron chi connectivity index (χ4n) is 3.50. The number of hydrogen-bond acceptors (Lipinski definition) is 5. The molecule has 0 spiro atoms. The van der Waals surface area contributed by atoms with Crippen LogP contribution in [0.3, 0.4) is 0 Å². The first-order valence-corrected chi connectivity index (χ1v) is 12.1. The molecule has 0 fully saturated rings. The number of amides is 1. The summed E-state index contributed by atoms with van der Waals surface area (Å²) in [4.78, 5) is 22.7.